The van der Waals surface area contributed by atoms with Gasteiger partial charge in [-0.15, -0.1) is 0 Å². The van der Waals surface area contributed by atoms with Gasteiger partial charge < -0.3 is 0 Å². The van der Waals surface area contributed by atoms with Crippen LogP contribution >= 0.6 is 0 Å². The number of carbonyl (C=O) groups excluding carboxylic acids is 1. The molecule has 0 aliphatic carbocycles. The quantitative estimate of drug-likeness (QED) is 0.501. The molecule has 2 aliphatic heterocycles. The van der Waals surface area contributed by atoms with Crippen LogP contribution in [0.25, 0.3) is 0 Å². The molecule has 0 aromatic heterocycles. The predicted octanol–water partition coefficient (Wildman–Crippen LogP) is 4.48. The lowest BCUT2D eigenvalue weighted by atomic mass is 10.0. The smallest absolute Gasteiger partial charge is 0.225 e. The number of rotatable bonds is 7. The van der Waals surface area contributed by atoms with Crippen LogP contribution in [0.2, 0.25) is 0 Å². The Kier molecular flexibility index (Phi) is 5.29. The first-order chi connectivity index (χ1) is 10.1. The van der Waals surface area contributed by atoms with Crippen molar-refractivity contribution in [3.8, 4) is 0 Å². The average molecular weight is 287 g/mol. The number of carbonyl (C=O) groups is 1. The van der Waals surface area contributed by atoms with Crippen LogP contribution in [0.3, 0.4) is 0 Å². The molecule has 2 rings (SSSR count). The Morgan fingerprint density at radius 1 is 1.10 bits per heavy atom. The molecule has 1 amide bonds. The van der Waals surface area contributed by atoms with Gasteiger partial charge in [0.05, 0.1) is 18.3 Å². The molecule has 0 bridgehead atoms. The van der Waals surface area contributed by atoms with Crippen LogP contribution in [-0.4, -0.2) is 23.3 Å². The van der Waals surface area contributed by atoms with Gasteiger partial charge in [0.25, 0.3) is 0 Å². The molecule has 0 saturated heterocycles. The highest BCUT2D eigenvalue weighted by molar-refractivity contribution is 6.04. The molecular weight excluding hydrogens is 260 g/mol. The summed E-state index contributed by atoms with van der Waals surface area (Å²) in [6, 6.07) is 0. The van der Waals surface area contributed by atoms with E-state index in [1.165, 1.54) is 32.1 Å². The van der Waals surface area contributed by atoms with Gasteiger partial charge in [-0.2, -0.15) is 9.48 Å². The molecule has 0 aromatic rings. The minimum absolute atomic E-state index is 0.154. The third kappa shape index (κ3) is 3.41. The maximum atomic E-state index is 12.6. The van der Waals surface area contributed by atoms with E-state index in [0.29, 0.717) is 0 Å². The Bertz CT molecular complexity index is 525. The molecule has 0 N–H and O–H groups in total. The molecule has 2 heterocycles. The second-order valence-electron chi connectivity index (χ2n) is 6.14. The number of amidine groups is 1. The molecule has 0 spiro atoms. The van der Waals surface area contributed by atoms with Crippen LogP contribution in [0.15, 0.2) is 40.7 Å². The van der Waals surface area contributed by atoms with E-state index in [-0.39, 0.29) is 10.4 Å². The van der Waals surface area contributed by atoms with Crippen molar-refractivity contribution >= 4 is 11.7 Å². The zero-order chi connectivity index (χ0) is 15.3. The van der Waals surface area contributed by atoms with Crippen molar-refractivity contribution in [2.75, 3.05) is 7.05 Å². The summed E-state index contributed by atoms with van der Waals surface area (Å²) in [6.45, 7) is 4.16. The third-order valence-electron chi connectivity index (χ3n) is 4.41. The number of nitrogens with zero attached hydrogens (tertiary/aromatic N) is 2. The van der Waals surface area contributed by atoms with Crippen LogP contribution < -0.4 is 0 Å². The van der Waals surface area contributed by atoms with Gasteiger partial charge in [0.1, 0.15) is 6.20 Å². The zero-order valence-corrected chi connectivity index (χ0v) is 13.6. The number of quaternary nitrogens is 1. The lowest BCUT2D eigenvalue weighted by Gasteiger charge is -2.31. The van der Waals surface area contributed by atoms with Gasteiger partial charge in [-0.3, -0.25) is 0 Å². The normalized spacial score (nSPS) is 24.3. The summed E-state index contributed by atoms with van der Waals surface area (Å²) in [6.07, 6.45) is 16.2. The average Bonchev–Trinajstić information content (AvgIpc) is 2.49. The molecule has 3 heteroatoms. The van der Waals surface area contributed by atoms with Crippen molar-refractivity contribution in [3.05, 3.63) is 35.7 Å². The van der Waals surface area contributed by atoms with Gasteiger partial charge in [-0.25, -0.2) is 4.79 Å². The summed E-state index contributed by atoms with van der Waals surface area (Å²) in [7, 11) is 1.91. The largest absolute Gasteiger partial charge is 0.354 e. The third-order valence-corrected chi connectivity index (χ3v) is 4.41. The van der Waals surface area contributed by atoms with Crippen molar-refractivity contribution < 1.29 is 9.28 Å². The number of allylic oxidation sites excluding steroid dienone is 3. The highest BCUT2D eigenvalue weighted by atomic mass is 16.2. The van der Waals surface area contributed by atoms with Crippen molar-refractivity contribution in [2.24, 2.45) is 4.99 Å². The predicted molar refractivity (Wildman–Crippen MR) is 87.6 cm³/mol. The van der Waals surface area contributed by atoms with Crippen molar-refractivity contribution in [3.63, 3.8) is 0 Å². The fourth-order valence-corrected chi connectivity index (χ4v) is 2.92. The maximum Gasteiger partial charge on any atom is 0.354 e. The molecule has 114 valence electrons. The monoisotopic (exact) mass is 287 g/mol. The summed E-state index contributed by atoms with van der Waals surface area (Å²) in [5.41, 5.74) is 1.82. The summed E-state index contributed by atoms with van der Waals surface area (Å²) in [5.74, 6) is 0.996. The Hall–Kier alpha value is -1.48. The highest BCUT2D eigenvalue weighted by Gasteiger charge is 2.41. The van der Waals surface area contributed by atoms with Crippen molar-refractivity contribution in [1.82, 2.24) is 0 Å². The summed E-state index contributed by atoms with van der Waals surface area (Å²) in [5, 5.41) is 0. The van der Waals surface area contributed by atoms with Gasteiger partial charge in [-0.1, -0.05) is 39.0 Å². The minimum Gasteiger partial charge on any atom is -0.225 e. The van der Waals surface area contributed by atoms with Crippen LogP contribution in [0, 0.1) is 0 Å². The fourth-order valence-electron chi connectivity index (χ4n) is 2.92. The Balaban J connectivity index is 1.97. The summed E-state index contributed by atoms with van der Waals surface area (Å²) < 4.78 is 0.183. The number of hydrogen-bond acceptors (Lipinski definition) is 2. The number of likely N-dealkylation sites (N-methyl/N-ethyl adjacent to an activating group) is 1. The van der Waals surface area contributed by atoms with Crippen LogP contribution in [0.5, 0.6) is 0 Å². The van der Waals surface area contributed by atoms with Crippen molar-refractivity contribution in [2.45, 2.75) is 58.8 Å². The molecule has 1 unspecified atom stereocenters. The van der Waals surface area contributed by atoms with Crippen molar-refractivity contribution in [1.29, 1.82) is 0 Å². The lowest BCUT2D eigenvalue weighted by molar-refractivity contribution is -0.681. The first-order valence-electron chi connectivity index (χ1n) is 8.15. The number of unbranched alkanes of at least 4 members (excludes halogenated alkanes) is 5. The van der Waals surface area contributed by atoms with E-state index in [0.717, 1.165) is 29.9 Å². The molecular formula is C18H27N2O+. The van der Waals surface area contributed by atoms with E-state index >= 15 is 0 Å². The van der Waals surface area contributed by atoms with Crippen LogP contribution in [0.1, 0.15) is 58.8 Å². The van der Waals surface area contributed by atoms with E-state index in [4.69, 9.17) is 4.99 Å². The second kappa shape index (κ2) is 6.99. The molecule has 0 saturated carbocycles. The maximum absolute atomic E-state index is 12.6. The second-order valence-corrected chi connectivity index (χ2v) is 6.14. The fraction of sp³-hybridized carbons (Fsp3) is 0.556. The van der Waals surface area contributed by atoms with Gasteiger partial charge in [-0.05, 0) is 31.9 Å². The van der Waals surface area contributed by atoms with E-state index in [9.17, 15) is 4.79 Å². The summed E-state index contributed by atoms with van der Waals surface area (Å²) in [4.78, 5) is 17.4. The first kappa shape index (κ1) is 15.9. The van der Waals surface area contributed by atoms with Gasteiger partial charge >= 0.3 is 5.91 Å². The number of amides is 1. The molecule has 0 aromatic carbocycles. The van der Waals surface area contributed by atoms with Gasteiger partial charge in [0.2, 0.25) is 5.84 Å². The zero-order valence-electron chi connectivity index (χ0n) is 13.6. The van der Waals surface area contributed by atoms with E-state index in [2.05, 4.69) is 6.92 Å². The molecule has 21 heavy (non-hydrogen) atoms. The Morgan fingerprint density at radius 3 is 2.57 bits per heavy atom. The first-order valence-corrected chi connectivity index (χ1v) is 8.15. The van der Waals surface area contributed by atoms with Gasteiger partial charge in [0.15, 0.2) is 0 Å². The topological polar surface area (TPSA) is 29.4 Å². The lowest BCUT2D eigenvalue weighted by Crippen LogP contribution is -2.51. The number of aliphatic imine (C=N–C) groups is 1. The Labute approximate surface area is 128 Å². The molecule has 0 radical (unpaired) electrons. The molecule has 1 atom stereocenters. The van der Waals surface area contributed by atoms with Crippen LogP contribution in [-0.2, 0) is 4.79 Å². The highest BCUT2D eigenvalue weighted by Crippen LogP contribution is 2.28. The standard InChI is InChI=1S/C18H27N2O/c1-4-5-6-7-8-9-12-16-15(2)18(21)20(3)14-11-10-13-17(20)19-16/h10-11,13-14H,4-9,12H2,1-3H3/q+1. The van der Waals surface area contributed by atoms with E-state index < -0.39 is 0 Å². The molecule has 3 nitrogen and oxygen atoms in total. The van der Waals surface area contributed by atoms with Crippen LogP contribution in [0.4, 0.5) is 0 Å². The minimum atomic E-state index is 0.154. The van der Waals surface area contributed by atoms with E-state index in [1.807, 2.05) is 38.4 Å². The molecule has 2 aliphatic rings. The number of fused-ring (bicyclic) bond motifs is 1. The van der Waals surface area contributed by atoms with Gasteiger partial charge in [0, 0.05) is 6.08 Å². The SMILES string of the molecule is CCCCCCCCC1=C(C)C(=O)[N+]2(C)C=CC=CC2=N1. The number of hydrogen-bond donors (Lipinski definition) is 0. The molecule has 0 fully saturated rings. The van der Waals surface area contributed by atoms with E-state index in [1.54, 1.807) is 0 Å². The summed E-state index contributed by atoms with van der Waals surface area (Å²) >= 11 is 0. The Morgan fingerprint density at radius 2 is 1.81 bits per heavy atom.